The molecule has 0 aliphatic heterocycles. The molecular formula is C14H20FNO2. The highest BCUT2D eigenvalue weighted by molar-refractivity contribution is 5.99. The fraction of sp³-hybridized carbons (Fsp3) is 0.500. The maximum atomic E-state index is 12.8. The van der Waals surface area contributed by atoms with Gasteiger partial charge in [-0.1, -0.05) is 6.92 Å². The Labute approximate surface area is 107 Å². The number of nitrogens with zero attached hydrogens (tertiary/aromatic N) is 1. The SMILES string of the molecule is CCCN(CCO)C(C)C(=O)c1ccc(F)cc1. The number of hydrogen-bond acceptors (Lipinski definition) is 3. The van der Waals surface area contributed by atoms with Crippen LogP contribution in [0.5, 0.6) is 0 Å². The van der Waals surface area contributed by atoms with Crippen molar-refractivity contribution < 1.29 is 14.3 Å². The Kier molecular flexibility index (Phi) is 5.95. The van der Waals surface area contributed by atoms with E-state index in [0.717, 1.165) is 13.0 Å². The minimum Gasteiger partial charge on any atom is -0.395 e. The molecular weight excluding hydrogens is 233 g/mol. The lowest BCUT2D eigenvalue weighted by molar-refractivity contribution is 0.0808. The van der Waals surface area contributed by atoms with Crippen LogP contribution in [-0.2, 0) is 0 Å². The van der Waals surface area contributed by atoms with Gasteiger partial charge in [0.15, 0.2) is 5.78 Å². The highest BCUT2D eigenvalue weighted by atomic mass is 19.1. The third kappa shape index (κ3) is 3.89. The molecule has 1 aromatic rings. The van der Waals surface area contributed by atoms with Crippen molar-refractivity contribution in [2.75, 3.05) is 19.7 Å². The molecule has 0 radical (unpaired) electrons. The van der Waals surface area contributed by atoms with E-state index in [0.29, 0.717) is 12.1 Å². The van der Waals surface area contributed by atoms with Gasteiger partial charge in [-0.3, -0.25) is 9.69 Å². The lowest BCUT2D eigenvalue weighted by Gasteiger charge is -2.26. The molecule has 0 heterocycles. The topological polar surface area (TPSA) is 40.5 Å². The summed E-state index contributed by atoms with van der Waals surface area (Å²) in [5, 5.41) is 9.00. The van der Waals surface area contributed by atoms with Gasteiger partial charge in [-0.05, 0) is 44.2 Å². The molecule has 100 valence electrons. The van der Waals surface area contributed by atoms with Gasteiger partial charge in [0.2, 0.25) is 0 Å². The minimum absolute atomic E-state index is 0.0288. The average molecular weight is 253 g/mol. The van der Waals surface area contributed by atoms with Crippen molar-refractivity contribution in [2.45, 2.75) is 26.3 Å². The molecule has 1 N–H and O–H groups in total. The molecule has 0 saturated heterocycles. The minimum atomic E-state index is -0.347. The standard InChI is InChI=1S/C14H20FNO2/c1-3-8-16(9-10-17)11(2)14(18)12-4-6-13(15)7-5-12/h4-7,11,17H,3,8-10H2,1-2H3. The predicted octanol–water partition coefficient (Wildman–Crippen LogP) is 2.10. The van der Waals surface area contributed by atoms with Crippen LogP contribution in [0.25, 0.3) is 0 Å². The van der Waals surface area contributed by atoms with Crippen LogP contribution in [0.2, 0.25) is 0 Å². The molecule has 4 heteroatoms. The van der Waals surface area contributed by atoms with E-state index < -0.39 is 0 Å². The first kappa shape index (κ1) is 14.8. The largest absolute Gasteiger partial charge is 0.395 e. The van der Waals surface area contributed by atoms with Crippen molar-refractivity contribution in [3.63, 3.8) is 0 Å². The van der Waals surface area contributed by atoms with E-state index in [1.807, 2.05) is 18.7 Å². The first-order valence-electron chi connectivity index (χ1n) is 6.24. The number of Topliss-reactive ketones (excluding diaryl/α,β-unsaturated/α-hetero) is 1. The van der Waals surface area contributed by atoms with Gasteiger partial charge in [-0.15, -0.1) is 0 Å². The number of aliphatic hydroxyl groups excluding tert-OH is 1. The highest BCUT2D eigenvalue weighted by Crippen LogP contribution is 2.10. The van der Waals surface area contributed by atoms with E-state index in [2.05, 4.69) is 0 Å². The molecule has 18 heavy (non-hydrogen) atoms. The van der Waals surface area contributed by atoms with Crippen LogP contribution >= 0.6 is 0 Å². The Morgan fingerprint density at radius 2 is 1.94 bits per heavy atom. The number of carbonyl (C=O) groups excluding carboxylic acids is 1. The summed E-state index contributed by atoms with van der Waals surface area (Å²) >= 11 is 0. The third-order valence-electron chi connectivity index (χ3n) is 2.95. The summed E-state index contributed by atoms with van der Waals surface area (Å²) in [7, 11) is 0. The zero-order chi connectivity index (χ0) is 13.5. The summed E-state index contributed by atoms with van der Waals surface area (Å²) in [5.41, 5.74) is 0.503. The first-order valence-corrected chi connectivity index (χ1v) is 6.24. The number of benzene rings is 1. The van der Waals surface area contributed by atoms with E-state index in [9.17, 15) is 9.18 Å². The molecule has 0 amide bonds. The summed E-state index contributed by atoms with van der Waals surface area (Å²) in [6.07, 6.45) is 0.918. The maximum absolute atomic E-state index is 12.8. The van der Waals surface area contributed by atoms with Gasteiger partial charge in [-0.25, -0.2) is 4.39 Å². The molecule has 3 nitrogen and oxygen atoms in total. The second kappa shape index (κ2) is 7.24. The summed E-state index contributed by atoms with van der Waals surface area (Å²) in [6, 6.07) is 5.27. The quantitative estimate of drug-likeness (QED) is 0.757. The lowest BCUT2D eigenvalue weighted by atomic mass is 10.0. The zero-order valence-electron chi connectivity index (χ0n) is 10.9. The van der Waals surface area contributed by atoms with Crippen LogP contribution in [0.3, 0.4) is 0 Å². The molecule has 0 aliphatic carbocycles. The summed E-state index contributed by atoms with van der Waals surface area (Å²) < 4.78 is 12.8. The van der Waals surface area contributed by atoms with Gasteiger partial charge in [0, 0.05) is 12.1 Å². The van der Waals surface area contributed by atoms with Crippen LogP contribution in [0.4, 0.5) is 4.39 Å². The third-order valence-corrected chi connectivity index (χ3v) is 2.95. The highest BCUT2D eigenvalue weighted by Gasteiger charge is 2.21. The fourth-order valence-corrected chi connectivity index (χ4v) is 1.94. The van der Waals surface area contributed by atoms with Gasteiger partial charge in [0.1, 0.15) is 5.82 Å². The van der Waals surface area contributed by atoms with Gasteiger partial charge in [0.25, 0.3) is 0 Å². The molecule has 1 aromatic carbocycles. The Morgan fingerprint density at radius 3 is 2.44 bits per heavy atom. The van der Waals surface area contributed by atoms with Crippen LogP contribution in [0.15, 0.2) is 24.3 Å². The van der Waals surface area contributed by atoms with Crippen molar-refractivity contribution >= 4 is 5.78 Å². The van der Waals surface area contributed by atoms with Crippen molar-refractivity contribution in [2.24, 2.45) is 0 Å². The Bertz CT molecular complexity index is 372. The zero-order valence-corrected chi connectivity index (χ0v) is 10.9. The second-order valence-electron chi connectivity index (χ2n) is 4.31. The molecule has 0 bridgehead atoms. The van der Waals surface area contributed by atoms with Gasteiger partial charge >= 0.3 is 0 Å². The van der Waals surface area contributed by atoms with Gasteiger partial charge < -0.3 is 5.11 Å². The lowest BCUT2D eigenvalue weighted by Crippen LogP contribution is -2.41. The molecule has 0 aliphatic rings. The van der Waals surface area contributed by atoms with Gasteiger partial charge in [0.05, 0.1) is 12.6 Å². The average Bonchev–Trinajstić information content (AvgIpc) is 2.38. The number of aliphatic hydroxyl groups is 1. The normalized spacial score (nSPS) is 12.7. The Morgan fingerprint density at radius 1 is 1.33 bits per heavy atom. The summed E-state index contributed by atoms with van der Waals surface area (Å²) in [5.74, 6) is -0.392. The molecule has 1 atom stereocenters. The number of halogens is 1. The summed E-state index contributed by atoms with van der Waals surface area (Å²) in [6.45, 7) is 5.11. The fourth-order valence-electron chi connectivity index (χ4n) is 1.94. The number of rotatable bonds is 7. The molecule has 0 saturated carbocycles. The molecule has 0 spiro atoms. The number of ketones is 1. The van der Waals surface area contributed by atoms with Gasteiger partial charge in [-0.2, -0.15) is 0 Å². The van der Waals surface area contributed by atoms with E-state index >= 15 is 0 Å². The monoisotopic (exact) mass is 253 g/mol. The second-order valence-corrected chi connectivity index (χ2v) is 4.31. The van der Waals surface area contributed by atoms with E-state index in [1.165, 1.54) is 24.3 Å². The predicted molar refractivity (Wildman–Crippen MR) is 69.1 cm³/mol. The van der Waals surface area contributed by atoms with Crippen molar-refractivity contribution in [1.82, 2.24) is 4.90 Å². The van der Waals surface area contributed by atoms with E-state index in [4.69, 9.17) is 5.11 Å². The number of hydrogen-bond donors (Lipinski definition) is 1. The van der Waals surface area contributed by atoms with E-state index in [1.54, 1.807) is 0 Å². The molecule has 0 aromatic heterocycles. The van der Waals surface area contributed by atoms with Crippen LogP contribution < -0.4 is 0 Å². The number of carbonyl (C=O) groups is 1. The molecule has 1 rings (SSSR count). The van der Waals surface area contributed by atoms with Crippen LogP contribution in [-0.4, -0.2) is 41.5 Å². The smallest absolute Gasteiger partial charge is 0.179 e. The molecule has 0 fully saturated rings. The van der Waals surface area contributed by atoms with Crippen molar-refractivity contribution in [3.8, 4) is 0 Å². The van der Waals surface area contributed by atoms with Crippen molar-refractivity contribution in [1.29, 1.82) is 0 Å². The first-order chi connectivity index (χ1) is 8.60. The Balaban J connectivity index is 2.77. The van der Waals surface area contributed by atoms with Crippen LogP contribution in [0, 0.1) is 5.82 Å². The van der Waals surface area contributed by atoms with Crippen molar-refractivity contribution in [3.05, 3.63) is 35.6 Å². The van der Waals surface area contributed by atoms with Crippen LogP contribution in [0.1, 0.15) is 30.6 Å². The summed E-state index contributed by atoms with van der Waals surface area (Å²) in [4.78, 5) is 14.1. The Hall–Kier alpha value is -1.26. The van der Waals surface area contributed by atoms with E-state index in [-0.39, 0.29) is 24.2 Å². The molecule has 1 unspecified atom stereocenters. The maximum Gasteiger partial charge on any atom is 0.179 e.